The van der Waals surface area contributed by atoms with Crippen LogP contribution in [0, 0.1) is 0 Å². The Morgan fingerprint density at radius 3 is 0.587 bits per heavy atom. The Hall–Kier alpha value is -11.8. The van der Waals surface area contributed by atoms with E-state index in [9.17, 15) is 19.2 Å². The maximum Gasteiger partial charge on any atom is 0.338 e. The van der Waals surface area contributed by atoms with Crippen LogP contribution in [0.1, 0.15) is 91.9 Å². The van der Waals surface area contributed by atoms with Gasteiger partial charge in [-0.2, -0.15) is 0 Å². The minimum Gasteiger partial charge on any atom is -0.462 e. The third-order valence-electron chi connectivity index (χ3n) is 16.4. The predicted molar refractivity (Wildman–Crippen MR) is 366 cm³/mol. The molecule has 12 heteroatoms. The van der Waals surface area contributed by atoms with Gasteiger partial charge in [-0.05, 0) is 192 Å². The smallest absolute Gasteiger partial charge is 0.338 e. The molecule has 2 aliphatic rings. The summed E-state index contributed by atoms with van der Waals surface area (Å²) < 4.78 is 21.0. The summed E-state index contributed by atoms with van der Waals surface area (Å²) in [6.07, 6.45) is 8.30. The van der Waals surface area contributed by atoms with Crippen LogP contribution < -0.4 is 0 Å². The lowest BCUT2D eigenvalue weighted by molar-refractivity contribution is 0.0517. The van der Waals surface area contributed by atoms with Gasteiger partial charge in [-0.25, -0.2) is 29.1 Å². The standard InChI is InChI=1S/C80H62N4O8/c1-5-89-77(85)61-33-17-53(18-34-61)49-9-25-57(26-10-49)73-65-41-43-67(81-65)74(58-27-11-50(12-28-58)54-19-35-62(36-20-54)78(86)90-6-2)69-45-47-71(83-69)76(60-31-15-52(16-32-60)56-23-39-64(40-24-56)80(88)92-8-4)72-48-46-70(84-72)75(68-44-42-66(73)82-68)59-29-13-51(14-30-59)55-21-37-63(38-22-55)79(87)91-7-3/h9-48,81,84H,5-8H2,1-4H3. The van der Waals surface area contributed by atoms with Crippen molar-refractivity contribution in [3.05, 3.63) is 263 Å². The van der Waals surface area contributed by atoms with Gasteiger partial charge in [-0.1, -0.05) is 146 Å². The van der Waals surface area contributed by atoms with Gasteiger partial charge in [0.15, 0.2) is 0 Å². The van der Waals surface area contributed by atoms with Gasteiger partial charge in [0.1, 0.15) is 0 Å². The molecule has 92 heavy (non-hydrogen) atoms. The highest BCUT2D eigenvalue weighted by atomic mass is 16.5. The molecule has 0 saturated heterocycles. The van der Waals surface area contributed by atoms with Crippen molar-refractivity contribution in [2.24, 2.45) is 0 Å². The Morgan fingerprint density at radius 2 is 0.413 bits per heavy atom. The first-order valence-corrected chi connectivity index (χ1v) is 30.7. The molecule has 3 aromatic heterocycles. The van der Waals surface area contributed by atoms with Crippen molar-refractivity contribution < 1.29 is 38.1 Å². The zero-order valence-corrected chi connectivity index (χ0v) is 51.1. The summed E-state index contributed by atoms with van der Waals surface area (Å²) in [5.74, 6) is -1.44. The Balaban J connectivity index is 1.01. The van der Waals surface area contributed by atoms with E-state index in [2.05, 4.69) is 156 Å². The SMILES string of the molecule is CCOC(=O)c1ccc(-c2ccc(-c3c4nc(c(-c5ccc(-c6ccc(C(=O)OCC)cc6)cc5)c5ccc([nH]5)c(-c5ccc(-c6ccc(C(=O)OCC)cc6)cc5)c5nc(c(-c6ccc(-c7ccc(C(=O)OCC)cc7)cc6)c6ccc3[nH]6)C=C5)C=C4)cc2)cc1. The summed E-state index contributed by atoms with van der Waals surface area (Å²) in [5, 5.41) is 0. The first kappa shape index (κ1) is 59.2. The number of aromatic nitrogens is 4. The molecule has 13 rings (SSSR count). The Labute approximate surface area is 532 Å². The normalized spacial score (nSPS) is 11.5. The fourth-order valence-electron chi connectivity index (χ4n) is 11.8. The van der Waals surface area contributed by atoms with Crippen LogP contribution in [0.2, 0.25) is 0 Å². The monoisotopic (exact) mass is 1210 g/mol. The molecule has 0 amide bonds. The molecule has 0 saturated carbocycles. The third-order valence-corrected chi connectivity index (χ3v) is 16.4. The number of H-pyrrole nitrogens is 2. The van der Waals surface area contributed by atoms with E-state index in [4.69, 9.17) is 28.9 Å². The fourth-order valence-corrected chi connectivity index (χ4v) is 11.8. The number of aromatic amines is 2. The number of esters is 4. The lowest BCUT2D eigenvalue weighted by Crippen LogP contribution is -2.03. The van der Waals surface area contributed by atoms with Crippen molar-refractivity contribution in [3.63, 3.8) is 0 Å². The molecule has 0 aliphatic carbocycles. The van der Waals surface area contributed by atoms with E-state index in [-0.39, 0.29) is 23.9 Å². The van der Waals surface area contributed by atoms with Gasteiger partial charge >= 0.3 is 23.9 Å². The van der Waals surface area contributed by atoms with Crippen LogP contribution in [0.15, 0.2) is 218 Å². The highest BCUT2D eigenvalue weighted by Crippen LogP contribution is 2.41. The van der Waals surface area contributed by atoms with E-state index in [0.29, 0.717) is 48.7 Å². The Kier molecular flexibility index (Phi) is 16.8. The number of nitrogens with one attached hydrogen (secondary N) is 2. The summed E-state index contributed by atoms with van der Waals surface area (Å²) in [4.78, 5) is 69.2. The largest absolute Gasteiger partial charge is 0.462 e. The lowest BCUT2D eigenvalue weighted by Gasteiger charge is -2.09. The van der Waals surface area contributed by atoms with Crippen molar-refractivity contribution in [3.8, 4) is 89.0 Å². The molecule has 2 N–H and O–H groups in total. The van der Waals surface area contributed by atoms with E-state index in [1.165, 1.54) is 0 Å². The molecule has 11 aromatic rings. The van der Waals surface area contributed by atoms with E-state index in [1.807, 2.05) is 48.5 Å². The second-order valence-electron chi connectivity index (χ2n) is 22.0. The number of fused-ring (bicyclic) bond motifs is 8. The first-order valence-electron chi connectivity index (χ1n) is 30.7. The average Bonchev–Trinajstić information content (AvgIpc) is 1.62. The zero-order valence-electron chi connectivity index (χ0n) is 51.1. The predicted octanol–water partition coefficient (Wildman–Crippen LogP) is 18.7. The van der Waals surface area contributed by atoms with E-state index < -0.39 is 0 Å². The molecular weight excluding hydrogens is 1140 g/mol. The van der Waals surface area contributed by atoms with Gasteiger partial charge in [0.2, 0.25) is 0 Å². The van der Waals surface area contributed by atoms with Gasteiger partial charge in [-0.15, -0.1) is 0 Å². The number of nitrogens with zero attached hydrogens (tertiary/aromatic N) is 2. The number of benzene rings is 8. The number of carbonyl (C=O) groups is 4. The van der Waals surface area contributed by atoms with E-state index >= 15 is 0 Å². The molecule has 8 bridgehead atoms. The first-order chi connectivity index (χ1) is 45.0. The van der Waals surface area contributed by atoms with Crippen LogP contribution >= 0.6 is 0 Å². The topological polar surface area (TPSA) is 163 Å². The minimum atomic E-state index is -0.360. The molecule has 0 fully saturated rings. The number of ether oxygens (including phenoxy) is 4. The lowest BCUT2D eigenvalue weighted by atomic mass is 9.98. The van der Waals surface area contributed by atoms with Crippen molar-refractivity contribution in [2.45, 2.75) is 27.7 Å². The molecule has 0 spiro atoms. The van der Waals surface area contributed by atoms with Crippen LogP contribution in [-0.4, -0.2) is 70.2 Å². The maximum absolute atomic E-state index is 12.6. The van der Waals surface area contributed by atoms with Gasteiger partial charge in [0.25, 0.3) is 0 Å². The average molecular weight is 1210 g/mol. The van der Waals surface area contributed by atoms with Gasteiger partial charge in [0, 0.05) is 44.3 Å². The summed E-state index contributed by atoms with van der Waals surface area (Å²) in [7, 11) is 0. The third kappa shape index (κ3) is 12.1. The molecule has 0 unspecified atom stereocenters. The summed E-state index contributed by atoms with van der Waals surface area (Å²) in [6, 6.07) is 71.8. The quantitative estimate of drug-likeness (QED) is 0.0703. The summed E-state index contributed by atoms with van der Waals surface area (Å²) >= 11 is 0. The molecule has 0 atom stereocenters. The van der Waals surface area contributed by atoms with E-state index in [1.54, 1.807) is 76.2 Å². The molecule has 12 nitrogen and oxygen atoms in total. The van der Waals surface area contributed by atoms with Crippen LogP contribution in [0.4, 0.5) is 0 Å². The molecule has 450 valence electrons. The Bertz CT molecular complexity index is 4240. The van der Waals surface area contributed by atoms with Gasteiger partial charge in [0.05, 0.1) is 71.5 Å². The summed E-state index contributed by atoms with van der Waals surface area (Å²) in [6.45, 7) is 8.37. The van der Waals surface area contributed by atoms with Crippen LogP contribution in [-0.2, 0) is 18.9 Å². The van der Waals surface area contributed by atoms with Crippen molar-refractivity contribution in [2.75, 3.05) is 26.4 Å². The molecule has 2 aliphatic heterocycles. The van der Waals surface area contributed by atoms with Crippen LogP contribution in [0.3, 0.4) is 0 Å². The number of hydrogen-bond donors (Lipinski definition) is 2. The summed E-state index contributed by atoms with van der Waals surface area (Å²) in [5.41, 5.74) is 23.1. The van der Waals surface area contributed by atoms with Crippen molar-refractivity contribution >= 4 is 70.2 Å². The van der Waals surface area contributed by atoms with Gasteiger partial charge in [-0.3, -0.25) is 0 Å². The molecule has 0 radical (unpaired) electrons. The van der Waals surface area contributed by atoms with Crippen molar-refractivity contribution in [1.29, 1.82) is 0 Å². The zero-order chi connectivity index (χ0) is 63.2. The number of rotatable bonds is 16. The van der Waals surface area contributed by atoms with Crippen molar-refractivity contribution in [1.82, 2.24) is 19.9 Å². The van der Waals surface area contributed by atoms with Gasteiger partial charge < -0.3 is 28.9 Å². The van der Waals surface area contributed by atoms with Crippen LogP contribution in [0.25, 0.3) is 135 Å². The molecule has 5 heterocycles. The highest BCUT2D eigenvalue weighted by molar-refractivity contribution is 6.01. The maximum atomic E-state index is 12.6. The minimum absolute atomic E-state index is 0.297. The second-order valence-corrected chi connectivity index (χ2v) is 22.0. The number of hydrogen-bond acceptors (Lipinski definition) is 10. The van der Waals surface area contributed by atoms with Crippen LogP contribution in [0.5, 0.6) is 0 Å². The fraction of sp³-hybridized carbons (Fsp3) is 0.100. The Morgan fingerprint density at radius 1 is 0.250 bits per heavy atom. The highest BCUT2D eigenvalue weighted by Gasteiger charge is 2.21. The van der Waals surface area contributed by atoms with E-state index in [0.717, 1.165) is 134 Å². The second kappa shape index (κ2) is 26.1. The molecule has 8 aromatic carbocycles. The molecular formula is C80H62N4O8. The number of carbonyl (C=O) groups excluding carboxylic acids is 4.